The number of allylic oxidation sites excluding steroid dienone is 1. The van der Waals surface area contributed by atoms with E-state index in [2.05, 4.69) is 32.4 Å². The summed E-state index contributed by atoms with van der Waals surface area (Å²) in [5, 5.41) is 0. The molecule has 0 aliphatic carbocycles. The molecule has 0 spiro atoms. The highest BCUT2D eigenvalue weighted by atomic mass is 33.1. The summed E-state index contributed by atoms with van der Waals surface area (Å²) in [7, 11) is 3.20. The molecule has 0 bridgehead atoms. The molecule has 0 aromatic rings. The van der Waals surface area contributed by atoms with Gasteiger partial charge in [-0.25, -0.2) is 0 Å². The molecule has 0 saturated carbocycles. The van der Waals surface area contributed by atoms with Crippen molar-refractivity contribution in [3.05, 3.63) is 33.1 Å². The van der Waals surface area contributed by atoms with E-state index in [1.54, 1.807) is 21.6 Å². The highest BCUT2D eigenvalue weighted by Gasteiger charge is 1.97. The van der Waals surface area contributed by atoms with Crippen LogP contribution in [0, 0.1) is 0 Å². The van der Waals surface area contributed by atoms with Crippen molar-refractivity contribution in [3.8, 4) is 0 Å². The van der Waals surface area contributed by atoms with Gasteiger partial charge in [-0.2, -0.15) is 0 Å². The fourth-order valence-corrected chi connectivity index (χ4v) is 3.04. The molecule has 0 nitrogen and oxygen atoms in total. The van der Waals surface area contributed by atoms with Gasteiger partial charge in [0, 0.05) is 8.47 Å². The van der Waals surface area contributed by atoms with Crippen molar-refractivity contribution in [2.24, 2.45) is 0 Å². The Hall–Kier alpha value is 0.620. The maximum absolute atomic E-state index is 4.04. The van der Waals surface area contributed by atoms with E-state index in [9.17, 15) is 0 Å². The lowest BCUT2D eigenvalue weighted by Gasteiger charge is -2.01. The number of hydrogen-bond acceptors (Lipinski definition) is 4. The second-order valence-corrected chi connectivity index (χ2v) is 6.55. The average molecular weight is 222 g/mol. The third-order valence-electron chi connectivity index (χ3n) is 0.509. The number of thiol groups is 1. The molecule has 0 N–H and O–H groups in total. The standard InChI is InChI=1S/C7H10S4/c1-5(2)10-11-7(4)9-6(3)8/h8H,1,3-4H2,2H3. The van der Waals surface area contributed by atoms with Gasteiger partial charge < -0.3 is 0 Å². The smallest absolute Gasteiger partial charge is 0.0495 e. The van der Waals surface area contributed by atoms with Crippen LogP contribution in [0.1, 0.15) is 6.92 Å². The van der Waals surface area contributed by atoms with E-state index >= 15 is 0 Å². The van der Waals surface area contributed by atoms with Crippen LogP contribution in [-0.4, -0.2) is 0 Å². The minimum absolute atomic E-state index is 0.768. The van der Waals surface area contributed by atoms with Crippen LogP contribution < -0.4 is 0 Å². The predicted molar refractivity (Wildman–Crippen MR) is 64.9 cm³/mol. The molecule has 0 aliphatic rings. The van der Waals surface area contributed by atoms with Crippen molar-refractivity contribution in [1.29, 1.82) is 0 Å². The van der Waals surface area contributed by atoms with E-state index in [0.29, 0.717) is 0 Å². The number of rotatable bonds is 5. The molecule has 0 aliphatic heterocycles. The molecule has 0 fully saturated rings. The molecule has 0 rings (SSSR count). The first kappa shape index (κ1) is 11.6. The van der Waals surface area contributed by atoms with E-state index in [1.165, 1.54) is 11.8 Å². The molecular weight excluding hydrogens is 212 g/mol. The Morgan fingerprint density at radius 2 is 1.73 bits per heavy atom. The van der Waals surface area contributed by atoms with Crippen LogP contribution in [0.2, 0.25) is 0 Å². The molecule has 62 valence electrons. The molecule has 0 unspecified atom stereocenters. The van der Waals surface area contributed by atoms with Crippen LogP contribution in [0.15, 0.2) is 33.1 Å². The van der Waals surface area contributed by atoms with Gasteiger partial charge in [0.25, 0.3) is 0 Å². The van der Waals surface area contributed by atoms with Gasteiger partial charge in [0.15, 0.2) is 0 Å². The fourth-order valence-electron chi connectivity index (χ4n) is 0.266. The van der Waals surface area contributed by atoms with Crippen LogP contribution in [-0.2, 0) is 0 Å². The Morgan fingerprint density at radius 1 is 1.18 bits per heavy atom. The van der Waals surface area contributed by atoms with E-state index in [0.717, 1.165) is 13.4 Å². The van der Waals surface area contributed by atoms with Gasteiger partial charge in [0.1, 0.15) is 0 Å². The summed E-state index contributed by atoms with van der Waals surface area (Å²) in [5.41, 5.74) is 0. The Kier molecular flexibility index (Phi) is 6.52. The minimum Gasteiger partial charge on any atom is -0.137 e. The molecule has 0 saturated heterocycles. The monoisotopic (exact) mass is 222 g/mol. The van der Waals surface area contributed by atoms with Gasteiger partial charge in [-0.05, 0) is 22.6 Å². The topological polar surface area (TPSA) is 0 Å². The molecule has 0 radical (unpaired) electrons. The third-order valence-corrected chi connectivity index (χ3v) is 4.32. The van der Waals surface area contributed by atoms with Crippen molar-refractivity contribution in [3.63, 3.8) is 0 Å². The van der Waals surface area contributed by atoms with E-state index in [1.807, 2.05) is 6.92 Å². The largest absolute Gasteiger partial charge is 0.137 e. The summed E-state index contributed by atoms with van der Waals surface area (Å²) in [5.74, 6) is 0. The minimum atomic E-state index is 0.768. The van der Waals surface area contributed by atoms with Crippen LogP contribution in [0.5, 0.6) is 0 Å². The lowest BCUT2D eigenvalue weighted by molar-refractivity contribution is 1.74. The Morgan fingerprint density at radius 3 is 2.09 bits per heavy atom. The first-order valence-electron chi connectivity index (χ1n) is 2.77. The molecule has 0 atom stereocenters. The zero-order valence-electron chi connectivity index (χ0n) is 6.29. The second kappa shape index (κ2) is 6.17. The van der Waals surface area contributed by atoms with E-state index in [-0.39, 0.29) is 0 Å². The van der Waals surface area contributed by atoms with Gasteiger partial charge in [-0.15, -0.1) is 12.6 Å². The zero-order chi connectivity index (χ0) is 8.85. The molecular formula is C7H10S4. The van der Waals surface area contributed by atoms with E-state index in [4.69, 9.17) is 0 Å². The number of thioether (sulfide) groups is 1. The van der Waals surface area contributed by atoms with Crippen molar-refractivity contribution in [1.82, 2.24) is 0 Å². The molecule has 0 amide bonds. The maximum atomic E-state index is 4.04. The summed E-state index contributed by atoms with van der Waals surface area (Å²) in [4.78, 5) is 1.07. The van der Waals surface area contributed by atoms with Crippen molar-refractivity contribution in [2.75, 3.05) is 0 Å². The first-order chi connectivity index (χ1) is 5.02. The lowest BCUT2D eigenvalue weighted by Crippen LogP contribution is -1.61. The van der Waals surface area contributed by atoms with Gasteiger partial charge in [0.05, 0.1) is 0 Å². The first-order valence-corrected chi connectivity index (χ1v) is 6.18. The molecule has 0 heterocycles. The Balaban J connectivity index is 3.53. The fraction of sp³-hybridized carbons (Fsp3) is 0.143. The van der Waals surface area contributed by atoms with Crippen molar-refractivity contribution in [2.45, 2.75) is 6.92 Å². The van der Waals surface area contributed by atoms with Gasteiger partial charge >= 0.3 is 0 Å². The SMILES string of the molecule is C=C(C)SSC(=C)SC(=C)S. The lowest BCUT2D eigenvalue weighted by atomic mass is 10.8. The Labute approximate surface area is 85.8 Å². The quantitative estimate of drug-likeness (QED) is 0.537. The normalized spacial score (nSPS) is 9.27. The highest BCUT2D eigenvalue weighted by molar-refractivity contribution is 8.81. The molecule has 11 heavy (non-hydrogen) atoms. The summed E-state index contributed by atoms with van der Waals surface area (Å²) in [6, 6.07) is 0. The molecule has 4 heteroatoms. The summed E-state index contributed by atoms with van der Waals surface area (Å²) >= 11 is 5.52. The third kappa shape index (κ3) is 8.53. The average Bonchev–Trinajstić information content (AvgIpc) is 1.82. The second-order valence-electron chi connectivity index (χ2n) is 1.74. The Bertz CT molecular complexity index is 183. The van der Waals surface area contributed by atoms with Gasteiger partial charge in [0.2, 0.25) is 0 Å². The van der Waals surface area contributed by atoms with Crippen LogP contribution >= 0.6 is 46.0 Å². The highest BCUT2D eigenvalue weighted by Crippen LogP contribution is 2.42. The summed E-state index contributed by atoms with van der Waals surface area (Å²) < 4.78 is 1.75. The zero-order valence-corrected chi connectivity index (χ0v) is 9.64. The number of hydrogen-bond donors (Lipinski definition) is 1. The van der Waals surface area contributed by atoms with Crippen LogP contribution in [0.4, 0.5) is 0 Å². The van der Waals surface area contributed by atoms with E-state index < -0.39 is 0 Å². The summed E-state index contributed by atoms with van der Waals surface area (Å²) in [6.45, 7) is 13.2. The van der Waals surface area contributed by atoms with Crippen molar-refractivity contribution < 1.29 is 0 Å². The maximum Gasteiger partial charge on any atom is 0.0495 e. The van der Waals surface area contributed by atoms with Crippen molar-refractivity contribution >= 4 is 46.0 Å². The predicted octanol–water partition coefficient (Wildman–Crippen LogP) is 4.51. The molecule has 0 aromatic heterocycles. The molecule has 0 aromatic carbocycles. The van der Waals surface area contributed by atoms with Gasteiger partial charge in [-0.1, -0.05) is 42.3 Å². The van der Waals surface area contributed by atoms with Crippen LogP contribution in [0.25, 0.3) is 0 Å². The van der Waals surface area contributed by atoms with Crippen LogP contribution in [0.3, 0.4) is 0 Å². The van der Waals surface area contributed by atoms with Gasteiger partial charge in [-0.3, -0.25) is 0 Å². The summed E-state index contributed by atoms with van der Waals surface area (Å²) in [6.07, 6.45) is 0.